The van der Waals surface area contributed by atoms with Crippen LogP contribution < -0.4 is 4.74 Å². The highest BCUT2D eigenvalue weighted by Crippen LogP contribution is 2.29. The van der Waals surface area contributed by atoms with Gasteiger partial charge in [-0.2, -0.15) is 0 Å². The van der Waals surface area contributed by atoms with Gasteiger partial charge in [0.2, 0.25) is 0 Å². The van der Waals surface area contributed by atoms with Crippen molar-refractivity contribution < 1.29 is 8.95 Å². The second kappa shape index (κ2) is 5.89. The number of rotatable bonds is 4. The molecule has 18 heavy (non-hydrogen) atoms. The van der Waals surface area contributed by atoms with Crippen molar-refractivity contribution in [2.45, 2.75) is 5.75 Å². The van der Waals surface area contributed by atoms with Crippen LogP contribution in [0, 0.1) is 0 Å². The molecule has 0 N–H and O–H groups in total. The molecular formula is C13H11ClNO2S+. The maximum atomic E-state index is 10.8. The number of hydrogen-bond donors (Lipinski definition) is 0. The number of methoxy groups -OCH3 is 1. The number of hydrogen-bond acceptors (Lipinski definition) is 3. The lowest BCUT2D eigenvalue weighted by atomic mass is 10.1. The van der Waals surface area contributed by atoms with Gasteiger partial charge in [0.05, 0.1) is 12.8 Å². The zero-order chi connectivity index (χ0) is 13.0. The molecule has 0 aliphatic rings. The van der Waals surface area contributed by atoms with Crippen LogP contribution in [0.1, 0.15) is 5.56 Å². The van der Waals surface area contributed by atoms with E-state index in [0.29, 0.717) is 22.4 Å². The van der Waals surface area contributed by atoms with E-state index in [0.717, 1.165) is 22.6 Å². The van der Waals surface area contributed by atoms with Gasteiger partial charge in [0, 0.05) is 32.6 Å². The van der Waals surface area contributed by atoms with Crippen molar-refractivity contribution in [1.29, 1.82) is 0 Å². The Morgan fingerprint density at radius 2 is 2.22 bits per heavy atom. The molecule has 1 heterocycles. The fourth-order valence-electron chi connectivity index (χ4n) is 1.69. The van der Waals surface area contributed by atoms with Gasteiger partial charge in [-0.05, 0) is 12.1 Å². The largest absolute Gasteiger partial charge is 0.497 e. The number of halogens is 1. The fraction of sp³-hybridized carbons (Fsp3) is 0.154. The number of nitrogens with zero attached hydrogens (tertiary/aromatic N) is 1. The first-order valence-corrected chi connectivity index (χ1v) is 6.57. The van der Waals surface area contributed by atoms with E-state index in [2.05, 4.69) is 4.98 Å². The third-order valence-corrected chi connectivity index (χ3v) is 3.33. The number of pyridine rings is 1. The quantitative estimate of drug-likeness (QED) is 0.807. The van der Waals surface area contributed by atoms with Gasteiger partial charge in [0.1, 0.15) is 5.75 Å². The van der Waals surface area contributed by atoms with Crippen molar-refractivity contribution in [2.75, 3.05) is 7.11 Å². The minimum Gasteiger partial charge on any atom is -0.497 e. The van der Waals surface area contributed by atoms with Crippen LogP contribution in [0.4, 0.5) is 0 Å². The smallest absolute Gasteiger partial charge is 0.463 e. The Morgan fingerprint density at radius 3 is 2.94 bits per heavy atom. The molecule has 1 aromatic carbocycles. The van der Waals surface area contributed by atoms with Crippen LogP contribution in [-0.2, 0) is 21.6 Å². The van der Waals surface area contributed by atoms with E-state index in [1.807, 2.05) is 18.2 Å². The lowest BCUT2D eigenvalue weighted by molar-refractivity contribution is 0.414. The summed E-state index contributed by atoms with van der Waals surface area (Å²) in [6.45, 7) is 0. The molecule has 2 aromatic rings. The van der Waals surface area contributed by atoms with Crippen LogP contribution in [0.25, 0.3) is 11.3 Å². The zero-order valence-corrected chi connectivity index (χ0v) is 11.3. The van der Waals surface area contributed by atoms with Gasteiger partial charge < -0.3 is 4.74 Å². The van der Waals surface area contributed by atoms with Crippen molar-refractivity contribution in [3.8, 4) is 17.0 Å². The summed E-state index contributed by atoms with van der Waals surface area (Å²) in [5.41, 5.74) is 2.42. The Morgan fingerprint density at radius 1 is 1.39 bits per heavy atom. The molecule has 0 atom stereocenters. The average molecular weight is 281 g/mol. The van der Waals surface area contributed by atoms with Gasteiger partial charge in [-0.15, -0.1) is 0 Å². The molecule has 0 amide bonds. The van der Waals surface area contributed by atoms with Crippen molar-refractivity contribution in [3.63, 3.8) is 0 Å². The third-order valence-electron chi connectivity index (χ3n) is 2.57. The zero-order valence-electron chi connectivity index (χ0n) is 9.72. The number of aromatic nitrogens is 1. The highest BCUT2D eigenvalue weighted by molar-refractivity contribution is 7.64. The Kier molecular flexibility index (Phi) is 4.23. The van der Waals surface area contributed by atoms with Crippen LogP contribution in [0.5, 0.6) is 5.75 Å². The maximum Gasteiger partial charge on any atom is 0.463 e. The van der Waals surface area contributed by atoms with Gasteiger partial charge >= 0.3 is 11.7 Å². The Labute approximate surface area is 114 Å². The van der Waals surface area contributed by atoms with E-state index in [9.17, 15) is 4.21 Å². The van der Waals surface area contributed by atoms with Crippen molar-refractivity contribution in [1.82, 2.24) is 4.98 Å². The molecule has 92 valence electrons. The summed E-state index contributed by atoms with van der Waals surface area (Å²) in [6, 6.07) is 9.12. The van der Waals surface area contributed by atoms with E-state index < -0.39 is 0 Å². The fourth-order valence-corrected chi connectivity index (χ4v) is 2.44. The average Bonchev–Trinajstić information content (AvgIpc) is 2.41. The number of benzene rings is 1. The van der Waals surface area contributed by atoms with Crippen LogP contribution in [0.15, 0.2) is 36.5 Å². The van der Waals surface area contributed by atoms with E-state index in [4.69, 9.17) is 16.3 Å². The molecule has 0 saturated carbocycles. The first-order valence-electron chi connectivity index (χ1n) is 5.29. The van der Waals surface area contributed by atoms with Crippen LogP contribution >= 0.6 is 11.6 Å². The lowest BCUT2D eigenvalue weighted by Crippen LogP contribution is -1.93. The van der Waals surface area contributed by atoms with Gasteiger partial charge in [-0.25, -0.2) is 0 Å². The lowest BCUT2D eigenvalue weighted by Gasteiger charge is -2.07. The van der Waals surface area contributed by atoms with Gasteiger partial charge in [0.25, 0.3) is 5.75 Å². The number of ether oxygens (including phenoxy) is 1. The molecule has 0 aliphatic heterocycles. The molecule has 2 rings (SSSR count). The molecule has 0 radical (unpaired) electrons. The summed E-state index contributed by atoms with van der Waals surface area (Å²) >= 11 is 6.61. The molecular weight excluding hydrogens is 270 g/mol. The molecule has 0 spiro atoms. The summed E-state index contributed by atoms with van der Waals surface area (Å²) in [7, 11) is 1.60. The molecule has 1 aromatic heterocycles. The third kappa shape index (κ3) is 2.66. The van der Waals surface area contributed by atoms with Crippen LogP contribution in [0.3, 0.4) is 0 Å². The topological polar surface area (TPSA) is 39.2 Å². The molecule has 0 aliphatic carbocycles. The normalized spacial score (nSPS) is 10.1. The molecule has 0 saturated heterocycles. The van der Waals surface area contributed by atoms with Crippen LogP contribution in [-0.4, -0.2) is 12.1 Å². The first kappa shape index (κ1) is 12.9. The monoisotopic (exact) mass is 280 g/mol. The van der Waals surface area contributed by atoms with Crippen molar-refractivity contribution >= 4 is 23.3 Å². The highest BCUT2D eigenvalue weighted by atomic mass is 35.5. The maximum absolute atomic E-state index is 10.8. The van der Waals surface area contributed by atoms with E-state index in [1.54, 1.807) is 25.4 Å². The van der Waals surface area contributed by atoms with Gasteiger partial charge in [-0.1, -0.05) is 23.7 Å². The van der Waals surface area contributed by atoms with Crippen molar-refractivity contribution in [2.24, 2.45) is 0 Å². The second-order valence-electron chi connectivity index (χ2n) is 3.61. The van der Waals surface area contributed by atoms with Crippen LogP contribution in [0.2, 0.25) is 5.02 Å². The summed E-state index contributed by atoms with van der Waals surface area (Å²) in [4.78, 5) is 4.29. The van der Waals surface area contributed by atoms with E-state index >= 15 is 0 Å². The SMILES string of the molecule is COc1ccnc(-c2cccc(Cl)c2C[S+]=O)c1. The summed E-state index contributed by atoms with van der Waals surface area (Å²) in [5, 5.41) is 0.584. The van der Waals surface area contributed by atoms with Crippen molar-refractivity contribution in [3.05, 3.63) is 47.1 Å². The molecule has 5 heteroatoms. The Balaban J connectivity index is 2.55. The summed E-state index contributed by atoms with van der Waals surface area (Å²) < 4.78 is 15.9. The summed E-state index contributed by atoms with van der Waals surface area (Å²) in [5.74, 6) is 1.04. The van der Waals surface area contributed by atoms with E-state index in [1.165, 1.54) is 0 Å². The molecule has 0 bridgehead atoms. The predicted octanol–water partition coefficient (Wildman–Crippen LogP) is 3.34. The standard InChI is InChI=1S/C13H11ClNO2S/c1-17-9-5-6-15-13(7-9)10-3-2-4-12(14)11(10)8-18-16/h2-7H,8H2,1H3/q+1. The highest BCUT2D eigenvalue weighted by Gasteiger charge is 2.15. The van der Waals surface area contributed by atoms with Gasteiger partial charge in [-0.3, -0.25) is 4.98 Å². The van der Waals surface area contributed by atoms with E-state index in [-0.39, 0.29) is 0 Å². The second-order valence-corrected chi connectivity index (χ2v) is 4.54. The Hall–Kier alpha value is -1.52. The first-order chi connectivity index (χ1) is 8.76. The molecule has 0 unspecified atom stereocenters. The minimum atomic E-state index is 0.313. The van der Waals surface area contributed by atoms with Gasteiger partial charge in [0.15, 0.2) is 0 Å². The Bertz CT molecular complexity index is 575. The summed E-state index contributed by atoms with van der Waals surface area (Å²) in [6.07, 6.45) is 1.67. The predicted molar refractivity (Wildman–Crippen MR) is 73.0 cm³/mol. The molecule has 3 nitrogen and oxygen atoms in total. The minimum absolute atomic E-state index is 0.313. The molecule has 0 fully saturated rings.